The summed E-state index contributed by atoms with van der Waals surface area (Å²) in [5.41, 5.74) is -0.131. The molecule has 146 valence electrons. The summed E-state index contributed by atoms with van der Waals surface area (Å²) in [7, 11) is 0. The van der Waals surface area contributed by atoms with E-state index in [1.54, 1.807) is 0 Å². The molecule has 2 aliphatic rings. The van der Waals surface area contributed by atoms with Gasteiger partial charge in [-0.25, -0.2) is 4.79 Å². The predicted molar refractivity (Wildman–Crippen MR) is 100 cm³/mol. The van der Waals surface area contributed by atoms with Gasteiger partial charge in [0.2, 0.25) is 0 Å². The molecule has 2 fully saturated rings. The van der Waals surface area contributed by atoms with Crippen LogP contribution in [0, 0.1) is 5.41 Å². The average molecular weight is 387 g/mol. The fourth-order valence-corrected chi connectivity index (χ4v) is 3.88. The van der Waals surface area contributed by atoms with Crippen molar-refractivity contribution in [3.05, 3.63) is 65.7 Å². The second kappa shape index (κ2) is 6.65. The number of rotatable bonds is 3. The van der Waals surface area contributed by atoms with Gasteiger partial charge in [-0.3, -0.25) is 10.3 Å². The largest absolute Gasteiger partial charge is 0.398 e. The number of alkyl halides is 3. The van der Waals surface area contributed by atoms with Crippen molar-refractivity contribution in [2.24, 2.45) is 0 Å². The zero-order chi connectivity index (χ0) is 19.9. The molecule has 1 heterocycles. The van der Waals surface area contributed by atoms with Gasteiger partial charge in [0.1, 0.15) is 5.84 Å². The molecule has 2 aromatic rings. The van der Waals surface area contributed by atoms with Gasteiger partial charge in [0, 0.05) is 12.1 Å². The normalized spacial score (nSPS) is 20.9. The van der Waals surface area contributed by atoms with Crippen LogP contribution in [0.4, 0.5) is 23.7 Å². The van der Waals surface area contributed by atoms with E-state index < -0.39 is 17.6 Å². The number of amidine groups is 1. The van der Waals surface area contributed by atoms with Crippen LogP contribution in [0.15, 0.2) is 54.6 Å². The molecule has 1 aliphatic heterocycles. The van der Waals surface area contributed by atoms with E-state index in [1.807, 2.05) is 30.3 Å². The van der Waals surface area contributed by atoms with Crippen molar-refractivity contribution in [1.29, 1.82) is 5.41 Å². The van der Waals surface area contributed by atoms with Crippen LogP contribution in [0.2, 0.25) is 0 Å². The van der Waals surface area contributed by atoms with Gasteiger partial charge >= 0.3 is 12.2 Å². The third kappa shape index (κ3) is 3.15. The van der Waals surface area contributed by atoms with Crippen molar-refractivity contribution < 1.29 is 18.0 Å². The van der Waals surface area contributed by atoms with E-state index in [0.717, 1.165) is 5.56 Å². The molecule has 0 radical (unpaired) electrons. The number of anilines is 1. The standard InChI is InChI=1S/C21H20F3N3O/c22-21(23,24)20(12-13-20)15-6-8-16(9-7-15)26-19(28)27-17(10-11-18(27)25)14-4-2-1-3-5-14/h1-9,17,25H,10-13H2,(H,26,28). The molecule has 28 heavy (non-hydrogen) atoms. The second-order valence-electron chi connectivity index (χ2n) is 7.37. The summed E-state index contributed by atoms with van der Waals surface area (Å²) in [4.78, 5) is 14.2. The lowest BCUT2D eigenvalue weighted by atomic mass is 9.95. The van der Waals surface area contributed by atoms with Gasteiger partial charge < -0.3 is 5.32 Å². The minimum atomic E-state index is -4.26. The molecule has 0 aromatic heterocycles. The van der Waals surface area contributed by atoms with E-state index >= 15 is 0 Å². The summed E-state index contributed by atoms with van der Waals surface area (Å²) in [6, 6.07) is 14.7. The van der Waals surface area contributed by atoms with Crippen LogP contribution in [0.5, 0.6) is 0 Å². The van der Waals surface area contributed by atoms with Crippen LogP contribution >= 0.6 is 0 Å². The minimum Gasteiger partial charge on any atom is -0.307 e. The Morgan fingerprint density at radius 3 is 2.29 bits per heavy atom. The number of hydrogen-bond donors (Lipinski definition) is 2. The summed E-state index contributed by atoms with van der Waals surface area (Å²) >= 11 is 0. The van der Waals surface area contributed by atoms with E-state index in [1.165, 1.54) is 29.2 Å². The molecule has 1 aliphatic carbocycles. The lowest BCUT2D eigenvalue weighted by Gasteiger charge is -2.25. The third-order valence-electron chi connectivity index (χ3n) is 5.64. The van der Waals surface area contributed by atoms with Crippen molar-refractivity contribution in [2.45, 2.75) is 43.3 Å². The van der Waals surface area contributed by atoms with Crippen LogP contribution in [0.25, 0.3) is 0 Å². The van der Waals surface area contributed by atoms with Crippen molar-refractivity contribution in [2.75, 3.05) is 5.32 Å². The van der Waals surface area contributed by atoms with Gasteiger partial charge in [-0.1, -0.05) is 42.5 Å². The molecule has 7 heteroatoms. The maximum absolute atomic E-state index is 13.2. The van der Waals surface area contributed by atoms with E-state index in [2.05, 4.69) is 5.32 Å². The van der Waals surface area contributed by atoms with Crippen molar-refractivity contribution in [1.82, 2.24) is 4.90 Å². The Morgan fingerprint density at radius 2 is 1.71 bits per heavy atom. The van der Waals surface area contributed by atoms with Gasteiger partial charge in [0.15, 0.2) is 0 Å². The van der Waals surface area contributed by atoms with Crippen LogP contribution < -0.4 is 5.32 Å². The molecule has 4 nitrogen and oxygen atoms in total. The first-order valence-electron chi connectivity index (χ1n) is 9.22. The molecule has 1 saturated heterocycles. The zero-order valence-corrected chi connectivity index (χ0v) is 15.1. The van der Waals surface area contributed by atoms with Crippen molar-refractivity contribution in [3.63, 3.8) is 0 Å². The SMILES string of the molecule is N=C1CCC(c2ccccc2)N1C(=O)Nc1ccc(C2(C(F)(F)F)CC2)cc1. The fourth-order valence-electron chi connectivity index (χ4n) is 3.88. The second-order valence-corrected chi connectivity index (χ2v) is 7.37. The number of nitrogens with one attached hydrogen (secondary N) is 2. The summed E-state index contributed by atoms with van der Waals surface area (Å²) in [5.74, 6) is 0.233. The highest BCUT2D eigenvalue weighted by Gasteiger charge is 2.64. The van der Waals surface area contributed by atoms with Crippen molar-refractivity contribution >= 4 is 17.6 Å². The Labute approximate surface area is 160 Å². The minimum absolute atomic E-state index is 0.103. The number of carbonyl (C=O) groups is 1. The molecule has 2 amide bonds. The van der Waals surface area contributed by atoms with Crippen LogP contribution in [-0.4, -0.2) is 22.9 Å². The number of urea groups is 1. The number of hydrogen-bond acceptors (Lipinski definition) is 2. The van der Waals surface area contributed by atoms with E-state index in [-0.39, 0.29) is 30.3 Å². The monoisotopic (exact) mass is 387 g/mol. The van der Waals surface area contributed by atoms with E-state index in [9.17, 15) is 18.0 Å². The topological polar surface area (TPSA) is 56.2 Å². The Bertz CT molecular complexity index is 889. The van der Waals surface area contributed by atoms with Gasteiger partial charge in [-0.15, -0.1) is 0 Å². The highest BCUT2D eigenvalue weighted by Crippen LogP contribution is 2.58. The highest BCUT2D eigenvalue weighted by molar-refractivity contribution is 6.03. The fraction of sp³-hybridized carbons (Fsp3) is 0.333. The third-order valence-corrected chi connectivity index (χ3v) is 5.64. The zero-order valence-electron chi connectivity index (χ0n) is 15.1. The number of halogens is 3. The van der Waals surface area contributed by atoms with Crippen LogP contribution in [0.1, 0.15) is 42.9 Å². The lowest BCUT2D eigenvalue weighted by Crippen LogP contribution is -2.37. The first kappa shape index (κ1) is 18.5. The molecule has 1 unspecified atom stereocenters. The molecule has 2 aromatic carbocycles. The maximum atomic E-state index is 13.2. The Morgan fingerprint density at radius 1 is 1.07 bits per heavy atom. The first-order chi connectivity index (χ1) is 13.3. The van der Waals surface area contributed by atoms with E-state index in [4.69, 9.17) is 5.41 Å². The first-order valence-corrected chi connectivity index (χ1v) is 9.22. The van der Waals surface area contributed by atoms with Gasteiger partial charge in [-0.05, 0) is 42.5 Å². The summed E-state index contributed by atoms with van der Waals surface area (Å²) in [6.07, 6.45) is -2.88. The molecule has 0 spiro atoms. The highest BCUT2D eigenvalue weighted by atomic mass is 19.4. The average Bonchev–Trinajstić information content (AvgIpc) is 3.40. The number of likely N-dealkylation sites (tertiary alicyclic amines) is 1. The van der Waals surface area contributed by atoms with Crippen LogP contribution in [0.3, 0.4) is 0 Å². The molecule has 1 saturated carbocycles. The molecule has 0 bridgehead atoms. The number of carbonyl (C=O) groups excluding carboxylic acids is 1. The Hall–Kier alpha value is -2.83. The lowest BCUT2D eigenvalue weighted by molar-refractivity contribution is -0.160. The van der Waals surface area contributed by atoms with Crippen LogP contribution in [-0.2, 0) is 5.41 Å². The van der Waals surface area contributed by atoms with Crippen molar-refractivity contribution in [3.8, 4) is 0 Å². The van der Waals surface area contributed by atoms with Gasteiger partial charge in [0.25, 0.3) is 0 Å². The number of amides is 2. The molecule has 4 rings (SSSR count). The number of benzene rings is 2. The Kier molecular flexibility index (Phi) is 4.40. The van der Waals surface area contributed by atoms with E-state index in [0.29, 0.717) is 18.5 Å². The Balaban J connectivity index is 1.50. The maximum Gasteiger partial charge on any atom is 0.398 e. The quantitative estimate of drug-likeness (QED) is 0.705. The summed E-state index contributed by atoms with van der Waals surface area (Å²) < 4.78 is 39.7. The smallest absolute Gasteiger partial charge is 0.307 e. The predicted octanol–water partition coefficient (Wildman–Crippen LogP) is 5.63. The molecular formula is C21H20F3N3O. The summed E-state index contributed by atoms with van der Waals surface area (Å²) in [5, 5.41) is 10.8. The molecular weight excluding hydrogens is 367 g/mol. The van der Waals surface area contributed by atoms with Gasteiger partial charge in [0.05, 0.1) is 11.5 Å². The van der Waals surface area contributed by atoms with Gasteiger partial charge in [-0.2, -0.15) is 13.2 Å². The molecule has 1 atom stereocenters. The number of nitrogens with zero attached hydrogens (tertiary/aromatic N) is 1. The molecule has 2 N–H and O–H groups in total. The summed E-state index contributed by atoms with van der Waals surface area (Å²) in [6.45, 7) is 0.